The zero-order valence-electron chi connectivity index (χ0n) is 15.2. The predicted molar refractivity (Wildman–Crippen MR) is 99.2 cm³/mol. The van der Waals surface area contributed by atoms with Crippen LogP contribution in [0.2, 0.25) is 0 Å². The normalized spacial score (nSPS) is 12.0. The van der Waals surface area contributed by atoms with Crippen LogP contribution < -0.4 is 16.0 Å². The Bertz CT molecular complexity index is 512. The quantitative estimate of drug-likeness (QED) is 0.574. The van der Waals surface area contributed by atoms with E-state index < -0.39 is 0 Å². The molecule has 0 fully saturated rings. The van der Waals surface area contributed by atoms with Crippen molar-refractivity contribution in [2.24, 2.45) is 0 Å². The largest absolute Gasteiger partial charge is 0.326 e. The molecule has 0 aliphatic heterocycles. The van der Waals surface area contributed by atoms with Gasteiger partial charge in [-0.2, -0.15) is 0 Å². The highest BCUT2D eigenvalue weighted by Gasteiger charge is 2.12. The van der Waals surface area contributed by atoms with Gasteiger partial charge in [0.2, 0.25) is 11.8 Å². The van der Waals surface area contributed by atoms with Crippen molar-refractivity contribution in [3.63, 3.8) is 0 Å². The van der Waals surface area contributed by atoms with E-state index in [9.17, 15) is 9.59 Å². The number of carbonyl (C=O) groups excluding carboxylic acids is 2. The van der Waals surface area contributed by atoms with Crippen LogP contribution in [0, 0.1) is 0 Å². The maximum absolute atomic E-state index is 12.2. The van der Waals surface area contributed by atoms with Crippen LogP contribution in [-0.4, -0.2) is 48.9 Å². The Hall–Kier alpha value is -1.92. The smallest absolute Gasteiger partial charge is 0.241 e. The fourth-order valence-corrected chi connectivity index (χ4v) is 2.34. The lowest BCUT2D eigenvalue weighted by atomic mass is 10.2. The summed E-state index contributed by atoms with van der Waals surface area (Å²) < 4.78 is 0. The van der Waals surface area contributed by atoms with Gasteiger partial charge in [0.05, 0.1) is 6.04 Å². The maximum Gasteiger partial charge on any atom is 0.241 e. The third-order valence-corrected chi connectivity index (χ3v) is 3.86. The van der Waals surface area contributed by atoms with Crippen molar-refractivity contribution >= 4 is 23.2 Å². The molecule has 0 aromatic heterocycles. The van der Waals surface area contributed by atoms with Gasteiger partial charge in [-0.05, 0) is 63.8 Å². The van der Waals surface area contributed by atoms with E-state index in [1.807, 2.05) is 6.92 Å². The van der Waals surface area contributed by atoms with Crippen molar-refractivity contribution < 1.29 is 9.59 Å². The second-order valence-corrected chi connectivity index (χ2v) is 5.80. The Morgan fingerprint density at radius 1 is 1.04 bits per heavy atom. The van der Waals surface area contributed by atoms with Gasteiger partial charge < -0.3 is 20.9 Å². The van der Waals surface area contributed by atoms with Crippen LogP contribution in [-0.2, 0) is 9.59 Å². The van der Waals surface area contributed by atoms with E-state index in [0.717, 1.165) is 32.6 Å². The van der Waals surface area contributed by atoms with Crippen LogP contribution in [0.5, 0.6) is 0 Å². The fourth-order valence-electron chi connectivity index (χ4n) is 2.34. The Balaban J connectivity index is 2.34. The van der Waals surface area contributed by atoms with Gasteiger partial charge in [0.25, 0.3) is 0 Å². The lowest BCUT2D eigenvalue weighted by Gasteiger charge is -2.19. The Kier molecular flexibility index (Phi) is 9.04. The van der Waals surface area contributed by atoms with E-state index in [4.69, 9.17) is 0 Å². The van der Waals surface area contributed by atoms with Crippen molar-refractivity contribution in [1.29, 1.82) is 0 Å². The monoisotopic (exact) mass is 334 g/mol. The lowest BCUT2D eigenvalue weighted by Crippen LogP contribution is -2.39. The molecule has 1 aromatic rings. The molecule has 0 saturated carbocycles. The molecule has 6 nitrogen and oxygen atoms in total. The molecule has 3 N–H and O–H groups in total. The van der Waals surface area contributed by atoms with Crippen LogP contribution >= 0.6 is 0 Å². The first-order valence-corrected chi connectivity index (χ1v) is 8.60. The number of nitrogens with zero attached hydrogens (tertiary/aromatic N) is 1. The van der Waals surface area contributed by atoms with Gasteiger partial charge in [-0.1, -0.05) is 13.8 Å². The van der Waals surface area contributed by atoms with E-state index in [2.05, 4.69) is 34.7 Å². The van der Waals surface area contributed by atoms with Gasteiger partial charge in [0, 0.05) is 18.3 Å². The highest BCUT2D eigenvalue weighted by atomic mass is 16.2. The van der Waals surface area contributed by atoms with Crippen molar-refractivity contribution in [2.45, 2.75) is 40.2 Å². The first-order chi connectivity index (χ1) is 11.5. The molecular weight excluding hydrogens is 304 g/mol. The van der Waals surface area contributed by atoms with Crippen LogP contribution in [0.4, 0.5) is 11.4 Å². The number of benzene rings is 1. The SMILES string of the molecule is CCN(CC)CCCN[C@@H](C)C(=O)Nc1ccc(NC(C)=O)cc1. The number of rotatable bonds is 10. The van der Waals surface area contributed by atoms with Crippen LogP contribution in [0.3, 0.4) is 0 Å². The summed E-state index contributed by atoms with van der Waals surface area (Å²) in [6.45, 7) is 11.6. The standard InChI is InChI=1S/C18H30N4O2/c1-5-22(6-2)13-7-12-19-14(3)18(24)21-17-10-8-16(9-11-17)20-15(4)23/h8-11,14,19H,5-7,12-13H2,1-4H3,(H,20,23)(H,21,24)/t14-/m0/s1. The molecule has 0 unspecified atom stereocenters. The maximum atomic E-state index is 12.2. The third kappa shape index (κ3) is 7.57. The summed E-state index contributed by atoms with van der Waals surface area (Å²) in [7, 11) is 0. The molecule has 0 heterocycles. The molecule has 0 aliphatic carbocycles. The fraction of sp³-hybridized carbons (Fsp3) is 0.556. The minimum Gasteiger partial charge on any atom is -0.326 e. The zero-order valence-corrected chi connectivity index (χ0v) is 15.2. The van der Waals surface area contributed by atoms with E-state index in [1.54, 1.807) is 24.3 Å². The molecule has 0 radical (unpaired) electrons. The summed E-state index contributed by atoms with van der Waals surface area (Å²) in [6, 6.07) is 6.82. The van der Waals surface area contributed by atoms with Gasteiger partial charge in [-0.15, -0.1) is 0 Å². The molecule has 0 bridgehead atoms. The van der Waals surface area contributed by atoms with Crippen molar-refractivity contribution in [2.75, 3.05) is 36.8 Å². The molecule has 0 saturated heterocycles. The summed E-state index contributed by atoms with van der Waals surface area (Å²) in [5.74, 6) is -0.181. The number of nitrogens with one attached hydrogen (secondary N) is 3. The Morgan fingerprint density at radius 2 is 1.58 bits per heavy atom. The van der Waals surface area contributed by atoms with E-state index in [1.165, 1.54) is 6.92 Å². The van der Waals surface area contributed by atoms with E-state index in [0.29, 0.717) is 11.4 Å². The van der Waals surface area contributed by atoms with Crippen molar-refractivity contribution in [3.8, 4) is 0 Å². The van der Waals surface area contributed by atoms with Crippen LogP contribution in [0.15, 0.2) is 24.3 Å². The number of amides is 2. The number of anilines is 2. The summed E-state index contributed by atoms with van der Waals surface area (Å²) in [5, 5.41) is 8.81. The highest BCUT2D eigenvalue weighted by Crippen LogP contribution is 2.13. The number of carbonyl (C=O) groups is 2. The number of hydrogen-bond donors (Lipinski definition) is 3. The molecule has 1 atom stereocenters. The molecule has 0 aliphatic rings. The molecule has 24 heavy (non-hydrogen) atoms. The Morgan fingerprint density at radius 3 is 2.08 bits per heavy atom. The first kappa shape index (κ1) is 20.1. The van der Waals surface area contributed by atoms with Gasteiger partial charge in [-0.25, -0.2) is 0 Å². The third-order valence-electron chi connectivity index (χ3n) is 3.86. The second-order valence-electron chi connectivity index (χ2n) is 5.80. The predicted octanol–water partition coefficient (Wildman–Crippen LogP) is 2.29. The number of hydrogen-bond acceptors (Lipinski definition) is 4. The average Bonchev–Trinajstić information content (AvgIpc) is 2.56. The molecule has 1 aromatic carbocycles. The van der Waals surface area contributed by atoms with Crippen LogP contribution in [0.25, 0.3) is 0 Å². The minimum absolute atomic E-state index is 0.0647. The van der Waals surface area contributed by atoms with E-state index in [-0.39, 0.29) is 17.9 Å². The second kappa shape index (κ2) is 10.8. The molecule has 1 rings (SSSR count). The lowest BCUT2D eigenvalue weighted by molar-refractivity contribution is -0.117. The van der Waals surface area contributed by atoms with Crippen molar-refractivity contribution in [3.05, 3.63) is 24.3 Å². The topological polar surface area (TPSA) is 73.5 Å². The van der Waals surface area contributed by atoms with Crippen LogP contribution in [0.1, 0.15) is 34.1 Å². The molecular formula is C18H30N4O2. The summed E-state index contributed by atoms with van der Waals surface area (Å²) in [4.78, 5) is 25.5. The Labute approximate surface area is 145 Å². The minimum atomic E-state index is -0.253. The van der Waals surface area contributed by atoms with Crippen molar-refractivity contribution in [1.82, 2.24) is 10.2 Å². The first-order valence-electron chi connectivity index (χ1n) is 8.60. The van der Waals surface area contributed by atoms with Gasteiger partial charge >= 0.3 is 0 Å². The van der Waals surface area contributed by atoms with Gasteiger partial charge in [0.15, 0.2) is 0 Å². The molecule has 134 valence electrons. The molecule has 6 heteroatoms. The summed E-state index contributed by atoms with van der Waals surface area (Å²) in [6.07, 6.45) is 1.02. The molecule has 2 amide bonds. The summed E-state index contributed by atoms with van der Waals surface area (Å²) >= 11 is 0. The van der Waals surface area contributed by atoms with Gasteiger partial charge in [-0.3, -0.25) is 9.59 Å². The molecule has 0 spiro atoms. The summed E-state index contributed by atoms with van der Waals surface area (Å²) in [5.41, 5.74) is 1.42. The average molecular weight is 334 g/mol. The van der Waals surface area contributed by atoms with Gasteiger partial charge in [0.1, 0.15) is 0 Å². The zero-order chi connectivity index (χ0) is 17.9. The highest BCUT2D eigenvalue weighted by molar-refractivity contribution is 5.95. The van der Waals surface area contributed by atoms with E-state index >= 15 is 0 Å².